The number of aryl methyl sites for hydroxylation is 1. The lowest BCUT2D eigenvalue weighted by atomic mass is 10.3. The number of hydrogen-bond acceptors (Lipinski definition) is 4. The van der Waals surface area contributed by atoms with Gasteiger partial charge in [0.2, 0.25) is 5.71 Å². The molecule has 0 atom stereocenters. The molecular formula is C6H5N3O. The second-order valence-electron chi connectivity index (χ2n) is 2.03. The first kappa shape index (κ1) is 5.34. The highest BCUT2D eigenvalue weighted by molar-refractivity contribution is 5.70. The van der Waals surface area contributed by atoms with Crippen molar-refractivity contribution < 1.29 is 4.42 Å². The van der Waals surface area contributed by atoms with Gasteiger partial charge in [-0.3, -0.25) is 0 Å². The maximum atomic E-state index is 5.04. The fraction of sp³-hybridized carbons (Fsp3) is 0.167. The van der Waals surface area contributed by atoms with E-state index in [0.29, 0.717) is 5.71 Å². The summed E-state index contributed by atoms with van der Waals surface area (Å²) in [4.78, 5) is 3.86. The standard InChI is InChI=1S/C6H5N3O/c1-4-2-10-6-5(4)9-8-3-7-6/h2-3H,1H3. The summed E-state index contributed by atoms with van der Waals surface area (Å²) >= 11 is 0. The summed E-state index contributed by atoms with van der Waals surface area (Å²) in [7, 11) is 0. The van der Waals surface area contributed by atoms with E-state index in [1.54, 1.807) is 6.26 Å². The maximum absolute atomic E-state index is 5.04. The van der Waals surface area contributed by atoms with Crippen molar-refractivity contribution in [3.05, 3.63) is 18.2 Å². The lowest BCUT2D eigenvalue weighted by molar-refractivity contribution is 0.598. The predicted molar refractivity (Wildman–Crippen MR) is 34.3 cm³/mol. The van der Waals surface area contributed by atoms with Crippen molar-refractivity contribution in [1.29, 1.82) is 0 Å². The first-order chi connectivity index (χ1) is 4.88. The summed E-state index contributed by atoms with van der Waals surface area (Å²) in [6, 6.07) is 0. The number of furan rings is 1. The molecule has 0 aliphatic rings. The number of aromatic nitrogens is 3. The molecule has 2 rings (SSSR count). The molecule has 2 heterocycles. The van der Waals surface area contributed by atoms with Crippen molar-refractivity contribution in [2.24, 2.45) is 0 Å². The Morgan fingerprint density at radius 1 is 1.50 bits per heavy atom. The van der Waals surface area contributed by atoms with Crippen LogP contribution in [0.4, 0.5) is 0 Å². The van der Waals surface area contributed by atoms with Crippen LogP contribution in [0.5, 0.6) is 0 Å². The number of fused-ring (bicyclic) bond motifs is 1. The van der Waals surface area contributed by atoms with E-state index in [2.05, 4.69) is 15.2 Å². The van der Waals surface area contributed by atoms with Gasteiger partial charge in [-0.25, -0.2) is 0 Å². The van der Waals surface area contributed by atoms with Crippen LogP contribution in [0.2, 0.25) is 0 Å². The van der Waals surface area contributed by atoms with E-state index in [9.17, 15) is 0 Å². The molecule has 0 saturated heterocycles. The van der Waals surface area contributed by atoms with Crippen molar-refractivity contribution in [1.82, 2.24) is 15.2 Å². The molecule has 4 heteroatoms. The zero-order valence-corrected chi connectivity index (χ0v) is 5.40. The van der Waals surface area contributed by atoms with Gasteiger partial charge < -0.3 is 4.42 Å². The smallest absolute Gasteiger partial charge is 0.248 e. The van der Waals surface area contributed by atoms with E-state index in [1.807, 2.05) is 6.92 Å². The Bertz CT molecular complexity index is 355. The van der Waals surface area contributed by atoms with Crippen LogP contribution in [0.15, 0.2) is 17.0 Å². The molecule has 0 amide bonds. The summed E-state index contributed by atoms with van der Waals surface area (Å²) in [5.41, 5.74) is 2.26. The molecule has 50 valence electrons. The largest absolute Gasteiger partial charge is 0.445 e. The Labute approximate surface area is 56.9 Å². The van der Waals surface area contributed by atoms with Gasteiger partial charge in [-0.1, -0.05) is 0 Å². The molecule has 0 aliphatic carbocycles. The Kier molecular flexibility index (Phi) is 0.943. The van der Waals surface area contributed by atoms with Gasteiger partial charge in [0.25, 0.3) is 0 Å². The van der Waals surface area contributed by atoms with Gasteiger partial charge in [0.1, 0.15) is 6.33 Å². The zero-order chi connectivity index (χ0) is 6.97. The first-order valence-electron chi connectivity index (χ1n) is 2.89. The van der Waals surface area contributed by atoms with E-state index in [0.717, 1.165) is 11.1 Å². The number of nitrogens with zero attached hydrogens (tertiary/aromatic N) is 3. The summed E-state index contributed by atoms with van der Waals surface area (Å²) in [6.07, 6.45) is 2.98. The molecule has 0 radical (unpaired) electrons. The van der Waals surface area contributed by atoms with Crippen LogP contribution in [0.25, 0.3) is 11.2 Å². The van der Waals surface area contributed by atoms with Crippen LogP contribution in [-0.2, 0) is 0 Å². The van der Waals surface area contributed by atoms with E-state index >= 15 is 0 Å². The highest BCUT2D eigenvalue weighted by atomic mass is 16.3. The lowest BCUT2D eigenvalue weighted by Crippen LogP contribution is -1.82. The third-order valence-electron chi connectivity index (χ3n) is 1.31. The van der Waals surface area contributed by atoms with Gasteiger partial charge in [-0.05, 0) is 6.92 Å². The Morgan fingerprint density at radius 2 is 2.40 bits per heavy atom. The van der Waals surface area contributed by atoms with E-state index in [4.69, 9.17) is 4.42 Å². The van der Waals surface area contributed by atoms with E-state index < -0.39 is 0 Å². The molecule has 2 aromatic heterocycles. The second kappa shape index (κ2) is 1.76. The molecule has 0 bridgehead atoms. The summed E-state index contributed by atoms with van der Waals surface area (Å²) < 4.78 is 5.04. The van der Waals surface area contributed by atoms with E-state index in [1.165, 1.54) is 6.33 Å². The number of hydrogen-bond donors (Lipinski definition) is 0. The molecule has 0 aliphatic heterocycles. The third-order valence-corrected chi connectivity index (χ3v) is 1.31. The summed E-state index contributed by atoms with van der Waals surface area (Å²) in [5, 5.41) is 7.46. The molecule has 2 aromatic rings. The molecule has 0 fully saturated rings. The third kappa shape index (κ3) is 0.586. The fourth-order valence-electron chi connectivity index (χ4n) is 0.800. The first-order valence-corrected chi connectivity index (χ1v) is 2.89. The highest BCUT2D eigenvalue weighted by Crippen LogP contribution is 2.12. The molecule has 0 aromatic carbocycles. The molecule has 4 nitrogen and oxygen atoms in total. The van der Waals surface area contributed by atoms with Crippen LogP contribution in [-0.4, -0.2) is 15.2 Å². The topological polar surface area (TPSA) is 51.8 Å². The highest BCUT2D eigenvalue weighted by Gasteiger charge is 2.01. The van der Waals surface area contributed by atoms with Crippen LogP contribution < -0.4 is 0 Å². The minimum Gasteiger partial charge on any atom is -0.445 e. The Morgan fingerprint density at radius 3 is 3.20 bits per heavy atom. The minimum atomic E-state index is 0.549. The average Bonchev–Trinajstić information content (AvgIpc) is 2.34. The van der Waals surface area contributed by atoms with Gasteiger partial charge in [0, 0.05) is 5.56 Å². The SMILES string of the molecule is Cc1coc2ncnnc12. The average molecular weight is 135 g/mol. The Hall–Kier alpha value is -1.45. The van der Waals surface area contributed by atoms with Crippen molar-refractivity contribution in [3.8, 4) is 0 Å². The van der Waals surface area contributed by atoms with Gasteiger partial charge in [0.15, 0.2) is 5.52 Å². The van der Waals surface area contributed by atoms with E-state index in [-0.39, 0.29) is 0 Å². The van der Waals surface area contributed by atoms with Crippen LogP contribution in [0, 0.1) is 6.92 Å². The van der Waals surface area contributed by atoms with Gasteiger partial charge in [0.05, 0.1) is 6.26 Å². The normalized spacial score (nSPS) is 10.5. The zero-order valence-electron chi connectivity index (χ0n) is 5.40. The Balaban J connectivity index is 2.93. The quantitative estimate of drug-likeness (QED) is 0.539. The van der Waals surface area contributed by atoms with Crippen molar-refractivity contribution in [3.63, 3.8) is 0 Å². The molecule has 0 saturated carbocycles. The molecule has 10 heavy (non-hydrogen) atoms. The molecule has 0 unspecified atom stereocenters. The monoisotopic (exact) mass is 135 g/mol. The van der Waals surface area contributed by atoms with Crippen LogP contribution in [0.1, 0.15) is 5.56 Å². The van der Waals surface area contributed by atoms with Gasteiger partial charge in [-0.15, -0.1) is 10.2 Å². The van der Waals surface area contributed by atoms with Crippen molar-refractivity contribution in [2.75, 3.05) is 0 Å². The number of rotatable bonds is 0. The minimum absolute atomic E-state index is 0.549. The second-order valence-corrected chi connectivity index (χ2v) is 2.03. The molecule has 0 N–H and O–H groups in total. The summed E-state index contributed by atoms with van der Waals surface area (Å²) in [5.74, 6) is 0. The molecule has 0 spiro atoms. The molecular weight excluding hydrogens is 130 g/mol. The predicted octanol–water partition coefficient (Wildman–Crippen LogP) is 0.926. The van der Waals surface area contributed by atoms with Crippen LogP contribution >= 0.6 is 0 Å². The van der Waals surface area contributed by atoms with Gasteiger partial charge in [-0.2, -0.15) is 4.98 Å². The maximum Gasteiger partial charge on any atom is 0.248 e. The van der Waals surface area contributed by atoms with Gasteiger partial charge >= 0.3 is 0 Å². The lowest BCUT2D eigenvalue weighted by Gasteiger charge is -1.81. The van der Waals surface area contributed by atoms with Crippen molar-refractivity contribution >= 4 is 11.2 Å². The van der Waals surface area contributed by atoms with Crippen LogP contribution in [0.3, 0.4) is 0 Å². The van der Waals surface area contributed by atoms with Crippen molar-refractivity contribution in [2.45, 2.75) is 6.92 Å². The fourth-order valence-corrected chi connectivity index (χ4v) is 0.800. The summed E-state index contributed by atoms with van der Waals surface area (Å²) in [6.45, 7) is 1.90.